The largest absolute Gasteiger partial charge is 0.367 e. The Hall–Kier alpha value is -2.20. The van der Waals surface area contributed by atoms with Crippen LogP contribution in [0.15, 0.2) is 0 Å². The lowest BCUT2D eigenvalue weighted by Crippen LogP contribution is -2.37. The van der Waals surface area contributed by atoms with Gasteiger partial charge in [0.25, 0.3) is 10.1 Å². The predicted octanol–water partition coefficient (Wildman–Crippen LogP) is -1.20. The summed E-state index contributed by atoms with van der Waals surface area (Å²) in [6, 6.07) is 0. The van der Waals surface area contributed by atoms with E-state index in [1.54, 1.807) is 0 Å². The summed E-state index contributed by atoms with van der Waals surface area (Å²) in [5.41, 5.74) is 0. The van der Waals surface area contributed by atoms with Crippen molar-refractivity contribution in [1.29, 1.82) is 0 Å². The van der Waals surface area contributed by atoms with Crippen LogP contribution in [-0.2, 0) is 4.94 Å². The van der Waals surface area contributed by atoms with Crippen LogP contribution in [0.4, 0.5) is 0 Å². The van der Waals surface area contributed by atoms with Crippen molar-refractivity contribution < 1.29 is 20.1 Å². The van der Waals surface area contributed by atoms with Gasteiger partial charge in [-0.15, -0.1) is 10.1 Å². The smallest absolute Gasteiger partial charge is 0.228 e. The molecule has 0 aliphatic rings. The molecule has 0 fully saturated rings. The van der Waals surface area contributed by atoms with Gasteiger partial charge in [-0.25, -0.2) is 20.2 Å². The highest BCUT2D eigenvalue weighted by atomic mass is 17.1. The highest BCUT2D eigenvalue weighted by molar-refractivity contribution is 3.98. The van der Waals surface area contributed by atoms with Gasteiger partial charge in [0.2, 0.25) is 0 Å². The molecule has 0 N–H and O–H groups in total. The Bertz CT molecular complexity index is 181. The molecule has 0 atom stereocenters. The van der Waals surface area contributed by atoms with Crippen molar-refractivity contribution in [2.75, 3.05) is 0 Å². The maximum absolute atomic E-state index is 9.54. The van der Waals surface area contributed by atoms with Crippen molar-refractivity contribution >= 4 is 0 Å². The van der Waals surface area contributed by atoms with Gasteiger partial charge < -0.3 is 0 Å². The summed E-state index contributed by atoms with van der Waals surface area (Å²) in [5.74, 6) is 0. The Kier molecular flexibility index (Phi) is 2.47. The van der Waals surface area contributed by atoms with E-state index in [4.69, 9.17) is 0 Å². The van der Waals surface area contributed by atoms with Crippen molar-refractivity contribution in [1.82, 2.24) is 5.28 Å². The lowest BCUT2D eigenvalue weighted by Gasteiger charge is -1.95. The molecule has 0 rings (SSSR count). The minimum atomic E-state index is -1.69. The molecule has 0 saturated heterocycles. The molecule has 62 valence electrons. The first-order chi connectivity index (χ1) is 4.95. The molecule has 0 aliphatic heterocycles. The minimum Gasteiger partial charge on any atom is -0.228 e. The zero-order chi connectivity index (χ0) is 9.02. The van der Waals surface area contributed by atoms with E-state index in [0.717, 1.165) is 0 Å². The molecule has 0 aromatic carbocycles. The van der Waals surface area contributed by atoms with E-state index in [-0.39, 0.29) is 0 Å². The standard InChI is InChI=1S/N4O7/c5-2(6)1(3(7)8)11-4(9)10. The second-order valence-corrected chi connectivity index (χ2v) is 1.03. The van der Waals surface area contributed by atoms with E-state index >= 15 is 0 Å². The van der Waals surface area contributed by atoms with Gasteiger partial charge in [0.1, 0.15) is 0 Å². The fraction of sp³-hybridized carbons (Fsp3) is 0. The van der Waals surface area contributed by atoms with Crippen molar-refractivity contribution in [3.8, 4) is 0 Å². The van der Waals surface area contributed by atoms with Gasteiger partial charge in [0, 0.05) is 0 Å². The molecule has 0 amide bonds. The molecule has 11 heteroatoms. The topological polar surface area (TPSA) is 142 Å². The zero-order valence-electron chi connectivity index (χ0n) is 4.65. The summed E-state index contributed by atoms with van der Waals surface area (Å²) in [4.78, 5) is 31.4. The molecule has 0 aliphatic carbocycles. The third-order valence-electron chi connectivity index (χ3n) is 0.419. The number of hydrogen-bond acceptors (Lipinski definition) is 7. The molecule has 0 spiro atoms. The Morgan fingerprint density at radius 1 is 1.00 bits per heavy atom. The van der Waals surface area contributed by atoms with Crippen molar-refractivity contribution in [3.63, 3.8) is 0 Å². The van der Waals surface area contributed by atoms with Crippen molar-refractivity contribution in [3.05, 3.63) is 30.3 Å². The summed E-state index contributed by atoms with van der Waals surface area (Å²) in [7, 11) is 0. The summed E-state index contributed by atoms with van der Waals surface area (Å²) in [5, 5.41) is 22.1. The zero-order valence-corrected chi connectivity index (χ0v) is 4.65. The van der Waals surface area contributed by atoms with Gasteiger partial charge in [0.05, 0.1) is 0 Å². The fourth-order valence-electron chi connectivity index (χ4n) is 0.179. The number of nitrogens with zero attached hydrogens (tertiary/aromatic N) is 4. The first-order valence-electron chi connectivity index (χ1n) is 1.86. The Morgan fingerprint density at radius 2 is 1.36 bits per heavy atom. The monoisotopic (exact) mass is 168 g/mol. The maximum Gasteiger partial charge on any atom is 0.367 e. The highest BCUT2D eigenvalue weighted by Crippen LogP contribution is 1.89. The van der Waals surface area contributed by atoms with E-state index in [1.165, 1.54) is 0 Å². The Balaban J connectivity index is 4.23. The van der Waals surface area contributed by atoms with Crippen LogP contribution < -0.4 is 0 Å². The van der Waals surface area contributed by atoms with Crippen LogP contribution in [-0.4, -0.2) is 20.4 Å². The lowest BCUT2D eigenvalue weighted by molar-refractivity contribution is -1.06. The second kappa shape index (κ2) is 3.09. The minimum absolute atomic E-state index is 1.22. The summed E-state index contributed by atoms with van der Waals surface area (Å²) >= 11 is 0. The van der Waals surface area contributed by atoms with E-state index < -0.39 is 20.4 Å². The van der Waals surface area contributed by atoms with Crippen LogP contribution in [0.1, 0.15) is 0 Å². The van der Waals surface area contributed by atoms with E-state index in [0.29, 0.717) is 0 Å². The van der Waals surface area contributed by atoms with Crippen LogP contribution in [0.25, 0.3) is 0 Å². The molecule has 0 unspecified atom stereocenters. The van der Waals surface area contributed by atoms with Crippen LogP contribution in [0.3, 0.4) is 0 Å². The highest BCUT2D eigenvalue weighted by Gasteiger charge is 2.32. The third-order valence-corrected chi connectivity index (χ3v) is 0.419. The van der Waals surface area contributed by atoms with Gasteiger partial charge >= 0.3 is 10.4 Å². The third kappa shape index (κ3) is 2.73. The first kappa shape index (κ1) is 8.80. The predicted molar refractivity (Wildman–Crippen MR) is 23.9 cm³/mol. The van der Waals surface area contributed by atoms with Crippen molar-refractivity contribution in [2.45, 2.75) is 0 Å². The summed E-state index contributed by atoms with van der Waals surface area (Å²) in [6.45, 7) is 0. The lowest BCUT2D eigenvalue weighted by atomic mass is 12.2. The molecule has 0 aromatic rings. The second-order valence-electron chi connectivity index (χ2n) is 1.03. The Labute approximate surface area is 57.1 Å². The molecule has 0 bridgehead atoms. The summed E-state index contributed by atoms with van der Waals surface area (Å²) in [6.07, 6.45) is 0. The van der Waals surface area contributed by atoms with Crippen LogP contribution in [0, 0.1) is 30.3 Å². The van der Waals surface area contributed by atoms with Crippen molar-refractivity contribution in [2.24, 2.45) is 0 Å². The molecule has 0 saturated carbocycles. The van der Waals surface area contributed by atoms with Gasteiger partial charge in [-0.05, 0) is 0 Å². The van der Waals surface area contributed by atoms with E-state index in [1.807, 2.05) is 0 Å². The summed E-state index contributed by atoms with van der Waals surface area (Å²) < 4.78 is 0. The normalized spacial score (nSPS) is 8.36. The molecule has 0 radical (unpaired) electrons. The maximum atomic E-state index is 9.54. The fourth-order valence-corrected chi connectivity index (χ4v) is 0.179. The van der Waals surface area contributed by atoms with E-state index in [2.05, 4.69) is 4.94 Å². The molecule has 0 aromatic heterocycles. The van der Waals surface area contributed by atoms with E-state index in [9.17, 15) is 30.3 Å². The van der Waals surface area contributed by atoms with Gasteiger partial charge in [0.15, 0.2) is 0 Å². The van der Waals surface area contributed by atoms with Crippen LogP contribution in [0.2, 0.25) is 0 Å². The van der Waals surface area contributed by atoms with Gasteiger partial charge in [-0.1, -0.05) is 4.94 Å². The number of nitro groups is 2. The number of hydrogen-bond donors (Lipinski definition) is 0. The molecular formula is N4O7. The Morgan fingerprint density at radius 3 is 1.45 bits per heavy atom. The molecule has 11 nitrogen and oxygen atoms in total. The molecule has 11 heavy (non-hydrogen) atoms. The number of rotatable bonds is 4. The van der Waals surface area contributed by atoms with Gasteiger partial charge in [-0.3, -0.25) is 0 Å². The van der Waals surface area contributed by atoms with Gasteiger partial charge in [-0.2, -0.15) is 0 Å². The average Bonchev–Trinajstić information content (AvgIpc) is 1.81. The van der Waals surface area contributed by atoms with Crippen LogP contribution >= 0.6 is 0 Å². The number of hydrazine groups is 2. The molecular weight excluding hydrogens is 168 g/mol. The average molecular weight is 168 g/mol. The SMILES string of the molecule is O=[N+]([O-])ON([N+](=O)[O-])[N+](=O)[O-]. The van der Waals surface area contributed by atoms with Crippen LogP contribution in [0.5, 0.6) is 0 Å². The quantitative estimate of drug-likeness (QED) is 0.375. The first-order valence-corrected chi connectivity index (χ1v) is 1.86. The molecule has 0 heterocycles.